The molecule has 3 rings (SSSR count). The number of fused-ring (bicyclic) bond motifs is 1. The number of benzene rings is 1. The number of pyridine rings is 1. The van der Waals surface area contributed by atoms with Crippen LogP contribution in [0.5, 0.6) is 0 Å². The topological polar surface area (TPSA) is 68.9 Å². The number of nitrogens with one attached hydrogen (secondary N) is 1. The standard InChI is InChI=1S/C19H22N4O2/c1-5-14-6-8-15(9-7-14)20-16(24)11-23-17(25)10-12(2)18-13(3)21-22(4)19(18)23/h6-10H,5,11H2,1-4H3,(H,20,24). The first-order chi connectivity index (χ1) is 11.9. The molecule has 1 amide bonds. The fourth-order valence-electron chi connectivity index (χ4n) is 3.18. The Labute approximate surface area is 146 Å². The maximum atomic E-state index is 12.4. The van der Waals surface area contributed by atoms with Gasteiger partial charge in [0.2, 0.25) is 5.91 Å². The normalized spacial score (nSPS) is 11.0. The molecule has 0 unspecified atom stereocenters. The Hall–Kier alpha value is -2.89. The fraction of sp³-hybridized carbons (Fsp3) is 0.316. The number of rotatable bonds is 4. The monoisotopic (exact) mass is 338 g/mol. The van der Waals surface area contributed by atoms with Crippen LogP contribution >= 0.6 is 0 Å². The molecule has 1 N–H and O–H groups in total. The first-order valence-electron chi connectivity index (χ1n) is 8.33. The molecule has 0 saturated heterocycles. The maximum Gasteiger partial charge on any atom is 0.252 e. The van der Waals surface area contributed by atoms with Crippen molar-refractivity contribution in [2.45, 2.75) is 33.7 Å². The van der Waals surface area contributed by atoms with Crippen LogP contribution in [0, 0.1) is 13.8 Å². The Balaban J connectivity index is 1.92. The van der Waals surface area contributed by atoms with Crippen molar-refractivity contribution in [2.24, 2.45) is 7.05 Å². The zero-order chi connectivity index (χ0) is 18.1. The summed E-state index contributed by atoms with van der Waals surface area (Å²) in [5.41, 5.74) is 4.11. The minimum absolute atomic E-state index is 0.0515. The summed E-state index contributed by atoms with van der Waals surface area (Å²) in [7, 11) is 1.78. The van der Waals surface area contributed by atoms with E-state index in [1.165, 1.54) is 10.1 Å². The van der Waals surface area contributed by atoms with Gasteiger partial charge in [0.1, 0.15) is 12.2 Å². The Morgan fingerprint density at radius 2 is 1.88 bits per heavy atom. The molecule has 6 nitrogen and oxygen atoms in total. The van der Waals surface area contributed by atoms with Crippen molar-refractivity contribution in [3.05, 3.63) is 57.5 Å². The number of amides is 1. The van der Waals surface area contributed by atoms with Crippen molar-refractivity contribution in [3.63, 3.8) is 0 Å². The number of aryl methyl sites for hydroxylation is 4. The summed E-state index contributed by atoms with van der Waals surface area (Å²) in [4.78, 5) is 24.9. The van der Waals surface area contributed by atoms with Crippen LogP contribution in [0.3, 0.4) is 0 Å². The quantitative estimate of drug-likeness (QED) is 0.795. The van der Waals surface area contributed by atoms with Gasteiger partial charge in [-0.05, 0) is 43.5 Å². The van der Waals surface area contributed by atoms with E-state index in [0.717, 1.165) is 28.8 Å². The summed E-state index contributed by atoms with van der Waals surface area (Å²) in [6.07, 6.45) is 0.949. The van der Waals surface area contributed by atoms with Crippen LogP contribution in [0.4, 0.5) is 5.69 Å². The molecule has 1 aromatic carbocycles. The molecule has 130 valence electrons. The summed E-state index contributed by atoms with van der Waals surface area (Å²) in [6.45, 7) is 5.82. The predicted octanol–water partition coefficient (Wildman–Crippen LogP) is 2.55. The van der Waals surface area contributed by atoms with Crippen LogP contribution in [0.15, 0.2) is 35.1 Å². The van der Waals surface area contributed by atoms with E-state index in [-0.39, 0.29) is 18.0 Å². The van der Waals surface area contributed by atoms with Gasteiger partial charge in [0.15, 0.2) is 0 Å². The van der Waals surface area contributed by atoms with E-state index >= 15 is 0 Å². The van der Waals surface area contributed by atoms with E-state index in [1.54, 1.807) is 17.8 Å². The van der Waals surface area contributed by atoms with Gasteiger partial charge in [-0.1, -0.05) is 19.1 Å². The van der Waals surface area contributed by atoms with Crippen LogP contribution in [-0.2, 0) is 24.8 Å². The Morgan fingerprint density at radius 1 is 1.20 bits per heavy atom. The summed E-state index contributed by atoms with van der Waals surface area (Å²) in [5.74, 6) is -0.240. The van der Waals surface area contributed by atoms with Crippen molar-refractivity contribution in [2.75, 3.05) is 5.32 Å². The Kier molecular flexibility index (Phi) is 4.44. The predicted molar refractivity (Wildman–Crippen MR) is 98.9 cm³/mol. The molecule has 2 heterocycles. The SMILES string of the molecule is CCc1ccc(NC(=O)Cn2c(=O)cc(C)c3c(C)nn(C)c32)cc1. The van der Waals surface area contributed by atoms with Gasteiger partial charge in [-0.3, -0.25) is 18.8 Å². The molecular weight excluding hydrogens is 316 g/mol. The third-order valence-electron chi connectivity index (χ3n) is 4.40. The number of hydrogen-bond donors (Lipinski definition) is 1. The molecule has 0 fully saturated rings. The second-order valence-electron chi connectivity index (χ2n) is 6.26. The highest BCUT2D eigenvalue weighted by molar-refractivity contribution is 5.92. The average Bonchev–Trinajstić information content (AvgIpc) is 2.87. The molecule has 0 atom stereocenters. The van der Waals surface area contributed by atoms with Crippen LogP contribution in [0.1, 0.15) is 23.7 Å². The van der Waals surface area contributed by atoms with E-state index in [2.05, 4.69) is 17.3 Å². The van der Waals surface area contributed by atoms with Gasteiger partial charge in [0.05, 0.1) is 5.69 Å². The Bertz CT molecular complexity index is 997. The van der Waals surface area contributed by atoms with Crippen LogP contribution in [0.25, 0.3) is 11.0 Å². The van der Waals surface area contributed by atoms with E-state index in [0.29, 0.717) is 5.65 Å². The van der Waals surface area contributed by atoms with Crippen molar-refractivity contribution >= 4 is 22.6 Å². The molecule has 0 aliphatic rings. The van der Waals surface area contributed by atoms with Crippen LogP contribution in [-0.4, -0.2) is 20.3 Å². The minimum atomic E-state index is -0.240. The van der Waals surface area contributed by atoms with Crippen molar-refractivity contribution in [1.82, 2.24) is 14.3 Å². The average molecular weight is 338 g/mol. The molecule has 0 spiro atoms. The van der Waals surface area contributed by atoms with Gasteiger partial charge in [-0.25, -0.2) is 0 Å². The van der Waals surface area contributed by atoms with Gasteiger partial charge in [0, 0.05) is 24.2 Å². The zero-order valence-electron chi connectivity index (χ0n) is 15.0. The highest BCUT2D eigenvalue weighted by Crippen LogP contribution is 2.19. The lowest BCUT2D eigenvalue weighted by Gasteiger charge is -2.11. The fourth-order valence-corrected chi connectivity index (χ4v) is 3.18. The lowest BCUT2D eigenvalue weighted by Crippen LogP contribution is -2.28. The molecule has 2 aromatic heterocycles. The van der Waals surface area contributed by atoms with Crippen molar-refractivity contribution < 1.29 is 4.79 Å². The van der Waals surface area contributed by atoms with Crippen LogP contribution in [0.2, 0.25) is 0 Å². The molecule has 0 aliphatic carbocycles. The highest BCUT2D eigenvalue weighted by atomic mass is 16.2. The smallest absolute Gasteiger partial charge is 0.252 e. The number of carbonyl (C=O) groups excluding carboxylic acids is 1. The minimum Gasteiger partial charge on any atom is -0.325 e. The first-order valence-corrected chi connectivity index (χ1v) is 8.33. The number of nitrogens with zero attached hydrogens (tertiary/aromatic N) is 3. The summed E-state index contributed by atoms with van der Waals surface area (Å²) >= 11 is 0. The largest absolute Gasteiger partial charge is 0.325 e. The Morgan fingerprint density at radius 3 is 2.52 bits per heavy atom. The summed E-state index contributed by atoms with van der Waals surface area (Å²) < 4.78 is 3.13. The molecule has 0 radical (unpaired) electrons. The van der Waals surface area contributed by atoms with Gasteiger partial charge in [0.25, 0.3) is 5.56 Å². The number of aromatic nitrogens is 3. The summed E-state index contributed by atoms with van der Waals surface area (Å²) in [5, 5.41) is 8.15. The molecule has 0 aliphatic heterocycles. The van der Waals surface area contributed by atoms with E-state index < -0.39 is 0 Å². The molecule has 6 heteroatoms. The van der Waals surface area contributed by atoms with Crippen LogP contribution < -0.4 is 10.9 Å². The highest BCUT2D eigenvalue weighted by Gasteiger charge is 2.16. The van der Waals surface area contributed by atoms with E-state index in [1.807, 2.05) is 38.1 Å². The number of anilines is 1. The van der Waals surface area contributed by atoms with Gasteiger partial charge in [-0.15, -0.1) is 0 Å². The van der Waals surface area contributed by atoms with Gasteiger partial charge in [-0.2, -0.15) is 5.10 Å². The lowest BCUT2D eigenvalue weighted by molar-refractivity contribution is -0.116. The zero-order valence-corrected chi connectivity index (χ0v) is 15.0. The van der Waals surface area contributed by atoms with Gasteiger partial charge >= 0.3 is 0 Å². The van der Waals surface area contributed by atoms with E-state index in [9.17, 15) is 9.59 Å². The molecule has 0 saturated carbocycles. The summed E-state index contributed by atoms with van der Waals surface area (Å²) in [6, 6.07) is 9.27. The maximum absolute atomic E-state index is 12.4. The molecular formula is C19H22N4O2. The third-order valence-corrected chi connectivity index (χ3v) is 4.40. The third kappa shape index (κ3) is 3.20. The second kappa shape index (κ2) is 6.55. The van der Waals surface area contributed by atoms with E-state index in [4.69, 9.17) is 0 Å². The van der Waals surface area contributed by atoms with Crippen molar-refractivity contribution in [3.8, 4) is 0 Å². The van der Waals surface area contributed by atoms with Gasteiger partial charge < -0.3 is 5.32 Å². The first kappa shape index (κ1) is 17.0. The molecule has 0 bridgehead atoms. The van der Waals surface area contributed by atoms with Crippen molar-refractivity contribution in [1.29, 1.82) is 0 Å². The number of carbonyl (C=O) groups is 1. The second-order valence-corrected chi connectivity index (χ2v) is 6.26. The number of hydrogen-bond acceptors (Lipinski definition) is 3. The molecule has 25 heavy (non-hydrogen) atoms. The lowest BCUT2D eigenvalue weighted by atomic mass is 10.1. The molecule has 3 aromatic rings.